The maximum Gasteiger partial charge on any atom is 0.394 e. The van der Waals surface area contributed by atoms with Crippen LogP contribution < -0.4 is 22.6 Å². The van der Waals surface area contributed by atoms with Crippen LogP contribution in [0, 0.1) is 0 Å². The number of rotatable bonds is 3. The van der Waals surface area contributed by atoms with Crippen molar-refractivity contribution >= 4 is 77.5 Å². The van der Waals surface area contributed by atoms with Gasteiger partial charge in [-0.15, -0.1) is 6.17 Å². The second kappa shape index (κ2) is 6.58. The molecule has 10 nitrogen and oxygen atoms in total. The number of nitrogens with two attached hydrogens (primary N) is 4. The SMILES string of the molecule is C=[SiH]N1B(N)N([SiH2]C)B2N3B(N)N(C)B(N)N([SiH2]C)B3N2B1N. The first-order chi connectivity index (χ1) is 10.9. The van der Waals surface area contributed by atoms with Crippen molar-refractivity contribution in [3.63, 3.8) is 0 Å². The fourth-order valence-corrected chi connectivity index (χ4v) is 7.53. The Morgan fingerprint density at radius 2 is 1.30 bits per heavy atom. The van der Waals surface area contributed by atoms with E-state index in [2.05, 4.69) is 41.7 Å². The highest BCUT2D eigenvalue weighted by molar-refractivity contribution is 7.12. The standard InChI is InChI=1S/C4H24B6N10Si3/c1-15-5(11)16-9(19(22-3)6(15)12)17-7(13)18(21-2)8(14)20(23-4)10(16)17/h21H,2,11-14,22-23H2,1,3-4H3. The molecular formula is C4H24B6N10Si3. The minimum atomic E-state index is -0.493. The van der Waals surface area contributed by atoms with Crippen LogP contribution in [-0.4, -0.2) is 112 Å². The molecule has 0 aromatic rings. The van der Waals surface area contributed by atoms with Gasteiger partial charge in [-0.3, -0.25) is 0 Å². The third-order valence-corrected chi connectivity index (χ3v) is 9.23. The van der Waals surface area contributed by atoms with Crippen LogP contribution in [0.3, 0.4) is 0 Å². The molecular weight excluding hydrogens is 337 g/mol. The predicted molar refractivity (Wildman–Crippen MR) is 111 cm³/mol. The van der Waals surface area contributed by atoms with Crippen molar-refractivity contribution in [1.29, 1.82) is 0 Å². The molecule has 0 aliphatic carbocycles. The summed E-state index contributed by atoms with van der Waals surface area (Å²) in [5.74, 6) is 0. The van der Waals surface area contributed by atoms with E-state index in [-0.39, 0.29) is 52.0 Å². The van der Waals surface area contributed by atoms with Crippen molar-refractivity contribution in [1.82, 2.24) is 27.2 Å². The Balaban J connectivity index is 1.98. The van der Waals surface area contributed by atoms with E-state index in [1.54, 1.807) is 0 Å². The van der Waals surface area contributed by atoms with Gasteiger partial charge in [-0.1, -0.05) is 13.1 Å². The monoisotopic (exact) mass is 362 g/mol. The number of hydrogen-bond donors (Lipinski definition) is 4. The van der Waals surface area contributed by atoms with Crippen LogP contribution in [0.1, 0.15) is 0 Å². The summed E-state index contributed by atoms with van der Waals surface area (Å²) in [6.45, 7) is 4.49. The molecule has 8 N–H and O–H groups in total. The van der Waals surface area contributed by atoms with E-state index in [9.17, 15) is 0 Å². The van der Waals surface area contributed by atoms with Gasteiger partial charge in [0, 0.05) is 0 Å². The summed E-state index contributed by atoms with van der Waals surface area (Å²) in [6.07, 6.45) is 4.08. The van der Waals surface area contributed by atoms with Crippen LogP contribution in [-0.2, 0) is 0 Å². The second-order valence-electron chi connectivity index (χ2n) is 6.20. The number of fused-ring (bicyclic) bond motifs is 4. The zero-order valence-corrected chi connectivity index (χ0v) is 18.1. The topological polar surface area (TPSA) is 124 Å². The molecule has 0 saturated carbocycles. The van der Waals surface area contributed by atoms with Crippen LogP contribution in [0.4, 0.5) is 0 Å². The Bertz CT molecular complexity index is 474. The van der Waals surface area contributed by atoms with Crippen molar-refractivity contribution in [3.8, 4) is 0 Å². The quantitative estimate of drug-likeness (QED) is 0.360. The van der Waals surface area contributed by atoms with E-state index in [1.165, 1.54) is 0 Å². The summed E-state index contributed by atoms with van der Waals surface area (Å²) in [6, 6.07) is 0. The lowest BCUT2D eigenvalue weighted by Gasteiger charge is -2.70. The van der Waals surface area contributed by atoms with E-state index < -0.39 is 19.4 Å². The van der Waals surface area contributed by atoms with E-state index >= 15 is 0 Å². The molecule has 3 rings (SSSR count). The summed E-state index contributed by atoms with van der Waals surface area (Å²) >= 11 is 0. The van der Waals surface area contributed by atoms with Crippen LogP contribution in [0.15, 0.2) is 0 Å². The highest BCUT2D eigenvalue weighted by Crippen LogP contribution is 2.32. The lowest BCUT2D eigenvalue weighted by atomic mass is 9.35. The molecule has 0 spiro atoms. The van der Waals surface area contributed by atoms with Crippen molar-refractivity contribution in [2.45, 2.75) is 13.1 Å². The maximum absolute atomic E-state index is 6.54. The van der Waals surface area contributed by atoms with Gasteiger partial charge in [-0.2, -0.15) is 0 Å². The Hall–Kier alpha value is 0.350. The molecule has 0 aromatic carbocycles. The molecule has 0 unspecified atom stereocenters. The minimum absolute atomic E-state index is 0.0665. The molecule has 3 aliphatic rings. The molecule has 3 heterocycles. The fraction of sp³-hybridized carbons (Fsp3) is 0.750. The molecule has 0 bridgehead atoms. The van der Waals surface area contributed by atoms with Crippen LogP contribution in [0.5, 0.6) is 0 Å². The Morgan fingerprint density at radius 3 is 1.78 bits per heavy atom. The smallest absolute Gasteiger partial charge is 0.394 e. The van der Waals surface area contributed by atoms with Gasteiger partial charge in [0.15, 0.2) is 0 Å². The average Bonchev–Trinajstić information content (AvgIpc) is 2.51. The molecule has 0 amide bonds. The van der Waals surface area contributed by atoms with Gasteiger partial charge in [0.25, 0.3) is 0 Å². The summed E-state index contributed by atoms with van der Waals surface area (Å²) < 4.78 is 13.5. The predicted octanol–water partition coefficient (Wildman–Crippen LogP) is -7.74. The van der Waals surface area contributed by atoms with E-state index in [1.807, 2.05) is 11.8 Å². The molecule has 0 radical (unpaired) electrons. The van der Waals surface area contributed by atoms with Gasteiger partial charge in [-0.25, -0.2) is 0 Å². The lowest BCUT2D eigenvalue weighted by molar-refractivity contribution is 0.484. The highest BCUT2D eigenvalue weighted by Gasteiger charge is 2.70. The van der Waals surface area contributed by atoms with E-state index in [4.69, 9.17) is 22.6 Å². The lowest BCUT2D eigenvalue weighted by Crippen LogP contribution is -3.04. The van der Waals surface area contributed by atoms with Crippen LogP contribution in [0.2, 0.25) is 13.1 Å². The molecule has 120 valence electrons. The van der Waals surface area contributed by atoms with Gasteiger partial charge >= 0.3 is 42.7 Å². The summed E-state index contributed by atoms with van der Waals surface area (Å²) in [5, 5.41) is 0. The maximum atomic E-state index is 6.54. The first-order valence-electron chi connectivity index (χ1n) is 8.11. The largest absolute Gasteiger partial charge is 0.448 e. The molecule has 23 heavy (non-hydrogen) atoms. The van der Waals surface area contributed by atoms with E-state index in [0.29, 0.717) is 0 Å². The highest BCUT2D eigenvalue weighted by atomic mass is 28.2. The minimum Gasteiger partial charge on any atom is -0.448 e. The average molecular weight is 361 g/mol. The van der Waals surface area contributed by atoms with Crippen molar-refractivity contribution < 1.29 is 0 Å². The fourth-order valence-electron chi connectivity index (χ4n) is 3.98. The van der Waals surface area contributed by atoms with Gasteiger partial charge in [0.1, 0.15) is 0 Å². The Morgan fingerprint density at radius 1 is 0.826 bits per heavy atom. The normalized spacial score (nSPS) is 26.1. The van der Waals surface area contributed by atoms with Gasteiger partial charge in [0.2, 0.25) is 0 Å². The number of hydrogen-bond acceptors (Lipinski definition) is 10. The van der Waals surface area contributed by atoms with Crippen molar-refractivity contribution in [2.24, 2.45) is 22.6 Å². The second-order valence-corrected chi connectivity index (χ2v) is 9.88. The van der Waals surface area contributed by atoms with Crippen molar-refractivity contribution in [3.05, 3.63) is 0 Å². The van der Waals surface area contributed by atoms with Crippen LogP contribution >= 0.6 is 0 Å². The molecule has 3 saturated heterocycles. The molecule has 0 aromatic heterocycles. The van der Waals surface area contributed by atoms with Gasteiger partial charge < -0.3 is 49.7 Å². The summed E-state index contributed by atoms with van der Waals surface area (Å²) in [4.78, 5) is 0. The Kier molecular flexibility index (Phi) is 5.19. The zero-order chi connectivity index (χ0) is 17.0. The molecule has 3 fully saturated rings. The van der Waals surface area contributed by atoms with E-state index in [0.717, 1.165) is 0 Å². The third-order valence-electron chi connectivity index (χ3n) is 5.34. The molecule has 19 heteroatoms. The first kappa shape index (κ1) is 18.2. The summed E-state index contributed by atoms with van der Waals surface area (Å²) in [7, 11) is 0.144. The van der Waals surface area contributed by atoms with Gasteiger partial charge in [-0.05, 0) is 7.05 Å². The third kappa shape index (κ3) is 2.38. The first-order valence-corrected chi connectivity index (χ1v) is 13.5. The molecule has 3 aliphatic heterocycles. The number of nitrogens with zero attached hydrogens (tertiary/aromatic N) is 6. The summed E-state index contributed by atoms with van der Waals surface area (Å²) in [5.41, 5.74) is 25.9. The van der Waals surface area contributed by atoms with Crippen LogP contribution in [0.25, 0.3) is 0 Å². The Labute approximate surface area is 147 Å². The molecule has 0 atom stereocenters. The zero-order valence-electron chi connectivity index (χ0n) is 14.2. The van der Waals surface area contributed by atoms with Gasteiger partial charge in [0.05, 0.1) is 28.7 Å². The van der Waals surface area contributed by atoms with Crippen molar-refractivity contribution in [2.75, 3.05) is 7.05 Å².